The molecule has 0 saturated carbocycles. The van der Waals surface area contributed by atoms with Gasteiger partial charge in [0.2, 0.25) is 0 Å². The molecule has 0 bridgehead atoms. The van der Waals surface area contributed by atoms with Crippen molar-refractivity contribution < 1.29 is 19.4 Å². The Morgan fingerprint density at radius 3 is 2.15 bits per heavy atom. The van der Waals surface area contributed by atoms with Crippen LogP contribution in [0.3, 0.4) is 0 Å². The van der Waals surface area contributed by atoms with Gasteiger partial charge in [0.15, 0.2) is 0 Å². The second-order valence-electron chi connectivity index (χ2n) is 6.39. The third-order valence-electron chi connectivity index (χ3n) is 2.45. The summed E-state index contributed by atoms with van der Waals surface area (Å²) in [5.74, 6) is -1.09. The van der Waals surface area contributed by atoms with Crippen LogP contribution in [0.4, 0.5) is 4.79 Å². The Bertz CT molecular complexity index is 355. The van der Waals surface area contributed by atoms with Crippen molar-refractivity contribution >= 4 is 12.1 Å². The van der Waals surface area contributed by atoms with Crippen molar-refractivity contribution in [1.29, 1.82) is 0 Å². The largest absolute Gasteiger partial charge is 0.481 e. The molecule has 0 aromatic rings. The van der Waals surface area contributed by atoms with Gasteiger partial charge in [0, 0.05) is 0 Å². The highest BCUT2D eigenvalue weighted by Crippen LogP contribution is 2.11. The molecule has 0 aliphatic carbocycles. The molecule has 0 spiro atoms. The number of ether oxygens (including phenoxy) is 1. The molecule has 116 valence electrons. The molecule has 5 nitrogen and oxygen atoms in total. The van der Waals surface area contributed by atoms with E-state index in [2.05, 4.69) is 5.32 Å². The lowest BCUT2D eigenvalue weighted by Gasteiger charge is -2.23. The molecule has 0 heterocycles. The maximum absolute atomic E-state index is 11.7. The Morgan fingerprint density at radius 1 is 1.20 bits per heavy atom. The molecular weight excluding hydrogens is 258 g/mol. The van der Waals surface area contributed by atoms with Gasteiger partial charge < -0.3 is 15.2 Å². The molecule has 0 aromatic carbocycles. The predicted molar refractivity (Wildman–Crippen MR) is 78.6 cm³/mol. The number of carboxylic acid groups (broad SMARTS) is 1. The van der Waals surface area contributed by atoms with Crippen LogP contribution in [-0.2, 0) is 9.53 Å². The fraction of sp³-hybridized carbons (Fsp3) is 0.733. The summed E-state index contributed by atoms with van der Waals surface area (Å²) in [5.41, 5.74) is -0.551. The molecular formula is C15H27NO4. The van der Waals surface area contributed by atoms with E-state index in [1.807, 2.05) is 13.8 Å². The molecule has 2 unspecified atom stereocenters. The van der Waals surface area contributed by atoms with E-state index in [-0.39, 0.29) is 6.04 Å². The van der Waals surface area contributed by atoms with E-state index in [1.54, 1.807) is 39.8 Å². The van der Waals surface area contributed by atoms with Crippen LogP contribution in [0.2, 0.25) is 0 Å². The van der Waals surface area contributed by atoms with Gasteiger partial charge in [-0.25, -0.2) is 4.79 Å². The summed E-state index contributed by atoms with van der Waals surface area (Å²) in [6.45, 7) is 11.1. The topological polar surface area (TPSA) is 75.6 Å². The number of carbonyl (C=O) groups is 2. The molecule has 2 N–H and O–H groups in total. The molecule has 1 amide bonds. The molecule has 0 rings (SSSR count). The van der Waals surface area contributed by atoms with Crippen LogP contribution in [0, 0.1) is 11.8 Å². The van der Waals surface area contributed by atoms with Gasteiger partial charge in [-0.3, -0.25) is 4.79 Å². The summed E-state index contributed by atoms with van der Waals surface area (Å²) in [5, 5.41) is 11.6. The fourth-order valence-corrected chi connectivity index (χ4v) is 1.54. The van der Waals surface area contributed by atoms with Gasteiger partial charge in [-0.2, -0.15) is 0 Å². The quantitative estimate of drug-likeness (QED) is 0.735. The monoisotopic (exact) mass is 285 g/mol. The van der Waals surface area contributed by atoms with Crippen LogP contribution in [0.1, 0.15) is 48.0 Å². The zero-order chi connectivity index (χ0) is 15.9. The first-order valence-corrected chi connectivity index (χ1v) is 6.92. The number of amides is 1. The summed E-state index contributed by atoms with van der Waals surface area (Å²) in [6.07, 6.45) is 3.55. The molecule has 2 atom stereocenters. The summed E-state index contributed by atoms with van der Waals surface area (Å²) >= 11 is 0. The van der Waals surface area contributed by atoms with E-state index in [4.69, 9.17) is 9.84 Å². The Morgan fingerprint density at radius 2 is 1.75 bits per heavy atom. The molecule has 0 fully saturated rings. The number of nitrogens with one attached hydrogen (secondary N) is 1. The van der Waals surface area contributed by atoms with Crippen LogP contribution in [0.15, 0.2) is 12.2 Å². The smallest absolute Gasteiger partial charge is 0.408 e. The molecule has 5 heteroatoms. The van der Waals surface area contributed by atoms with Gasteiger partial charge in [0.25, 0.3) is 0 Å². The lowest BCUT2D eigenvalue weighted by atomic mass is 10.0. The number of hydrogen-bond donors (Lipinski definition) is 2. The highest BCUT2D eigenvalue weighted by molar-refractivity contribution is 5.71. The Balaban J connectivity index is 4.65. The van der Waals surface area contributed by atoms with Gasteiger partial charge in [0.05, 0.1) is 12.0 Å². The van der Waals surface area contributed by atoms with Crippen molar-refractivity contribution in [2.24, 2.45) is 11.8 Å². The number of alkyl carbamates (subject to hydrolysis) is 1. The predicted octanol–water partition coefficient (Wildman–Crippen LogP) is 3.20. The van der Waals surface area contributed by atoms with Crippen molar-refractivity contribution in [3.05, 3.63) is 12.2 Å². The van der Waals surface area contributed by atoms with E-state index in [0.717, 1.165) is 6.42 Å². The Kier molecular flexibility index (Phi) is 7.32. The number of rotatable bonds is 6. The van der Waals surface area contributed by atoms with Gasteiger partial charge >= 0.3 is 12.1 Å². The van der Waals surface area contributed by atoms with Gasteiger partial charge in [-0.05, 0) is 40.0 Å². The van der Waals surface area contributed by atoms with Crippen LogP contribution in [-0.4, -0.2) is 28.8 Å². The summed E-state index contributed by atoms with van der Waals surface area (Å²) in [6, 6.07) is -0.230. The maximum Gasteiger partial charge on any atom is 0.408 e. The average molecular weight is 285 g/mol. The SMILES string of the molecule is CC(C)CC(/C=C/C(C)C(=O)O)NC(=O)OC(C)(C)C. The highest BCUT2D eigenvalue weighted by atomic mass is 16.6. The molecule has 0 aromatic heterocycles. The second kappa shape index (κ2) is 7.92. The zero-order valence-corrected chi connectivity index (χ0v) is 13.3. The maximum atomic E-state index is 11.7. The van der Waals surface area contributed by atoms with Crippen molar-refractivity contribution in [1.82, 2.24) is 5.32 Å². The van der Waals surface area contributed by atoms with Gasteiger partial charge in [-0.15, -0.1) is 0 Å². The summed E-state index contributed by atoms with van der Waals surface area (Å²) in [7, 11) is 0. The third-order valence-corrected chi connectivity index (χ3v) is 2.45. The molecule has 0 radical (unpaired) electrons. The van der Waals surface area contributed by atoms with Crippen LogP contribution in [0.25, 0.3) is 0 Å². The molecule has 0 saturated heterocycles. The molecule has 0 aliphatic rings. The number of aliphatic carboxylic acids is 1. The number of hydrogen-bond acceptors (Lipinski definition) is 3. The second-order valence-corrected chi connectivity index (χ2v) is 6.39. The van der Waals surface area contributed by atoms with Crippen molar-refractivity contribution in [3.63, 3.8) is 0 Å². The fourth-order valence-electron chi connectivity index (χ4n) is 1.54. The molecule has 20 heavy (non-hydrogen) atoms. The zero-order valence-electron chi connectivity index (χ0n) is 13.3. The lowest BCUT2D eigenvalue weighted by molar-refractivity contribution is -0.139. The first-order chi connectivity index (χ1) is 9.01. The summed E-state index contributed by atoms with van der Waals surface area (Å²) < 4.78 is 5.20. The van der Waals surface area contributed by atoms with Gasteiger partial charge in [0.1, 0.15) is 5.60 Å². The van der Waals surface area contributed by atoms with Gasteiger partial charge in [-0.1, -0.05) is 26.0 Å². The Hall–Kier alpha value is -1.52. The Labute approximate surface area is 121 Å². The van der Waals surface area contributed by atoms with E-state index in [9.17, 15) is 9.59 Å². The number of carbonyl (C=O) groups excluding carboxylic acids is 1. The van der Waals surface area contributed by atoms with Crippen LogP contribution >= 0.6 is 0 Å². The third kappa shape index (κ3) is 9.42. The first kappa shape index (κ1) is 18.5. The van der Waals surface area contributed by atoms with E-state index < -0.39 is 23.6 Å². The minimum absolute atomic E-state index is 0.230. The standard InChI is InChI=1S/C15H27NO4/c1-10(2)9-12(8-7-11(3)13(17)18)16-14(19)20-15(4,5)6/h7-8,10-12H,9H2,1-6H3,(H,16,19)(H,17,18)/b8-7+. The first-order valence-electron chi connectivity index (χ1n) is 6.92. The van der Waals surface area contributed by atoms with E-state index >= 15 is 0 Å². The highest BCUT2D eigenvalue weighted by Gasteiger charge is 2.19. The van der Waals surface area contributed by atoms with Crippen molar-refractivity contribution in [2.45, 2.75) is 59.6 Å². The van der Waals surface area contributed by atoms with E-state index in [0.29, 0.717) is 5.92 Å². The minimum Gasteiger partial charge on any atom is -0.481 e. The minimum atomic E-state index is -0.887. The molecule has 0 aliphatic heterocycles. The average Bonchev–Trinajstić information content (AvgIpc) is 2.21. The lowest BCUT2D eigenvalue weighted by Crippen LogP contribution is -2.39. The van der Waals surface area contributed by atoms with E-state index in [1.165, 1.54) is 0 Å². The normalized spacial score (nSPS) is 15.2. The van der Waals surface area contributed by atoms with Crippen LogP contribution in [0.5, 0.6) is 0 Å². The van der Waals surface area contributed by atoms with Crippen LogP contribution < -0.4 is 5.32 Å². The summed E-state index contributed by atoms with van der Waals surface area (Å²) in [4.78, 5) is 22.5. The van der Waals surface area contributed by atoms with Crippen molar-refractivity contribution in [3.8, 4) is 0 Å². The van der Waals surface area contributed by atoms with Crippen molar-refractivity contribution in [2.75, 3.05) is 0 Å². The number of carboxylic acids is 1.